The molecule has 0 bridgehead atoms. The number of rotatable bonds is 4. The highest BCUT2D eigenvalue weighted by atomic mass is 16.6. The summed E-state index contributed by atoms with van der Waals surface area (Å²) in [6.45, 7) is 4.27. The maximum atomic E-state index is 13.4. The van der Waals surface area contributed by atoms with Crippen LogP contribution in [0.1, 0.15) is 32.4 Å². The SMILES string of the molecule is CC(C)(C)C(=O)Oc1ccc2c(=O)c(-c3ccc(O)cc3)coc2c1[C@@H]1O[C@H](CO)[C@@H](O)[C@H](O)[C@H]1O. The molecule has 1 aromatic heterocycles. The lowest BCUT2D eigenvalue weighted by atomic mass is 9.89. The Morgan fingerprint density at radius 1 is 1.00 bits per heavy atom. The van der Waals surface area contributed by atoms with Gasteiger partial charge in [0.15, 0.2) is 0 Å². The van der Waals surface area contributed by atoms with E-state index in [1.807, 2.05) is 0 Å². The fourth-order valence-corrected chi connectivity index (χ4v) is 4.00. The Hall–Kier alpha value is -3.28. The average Bonchev–Trinajstić information content (AvgIpc) is 2.83. The van der Waals surface area contributed by atoms with Crippen molar-refractivity contribution in [2.75, 3.05) is 6.61 Å². The van der Waals surface area contributed by atoms with Crippen LogP contribution in [0.2, 0.25) is 0 Å². The Labute approximate surface area is 206 Å². The maximum absolute atomic E-state index is 13.4. The number of benzene rings is 2. The van der Waals surface area contributed by atoms with Crippen LogP contribution in [-0.2, 0) is 9.53 Å². The van der Waals surface area contributed by atoms with Crippen LogP contribution in [0.25, 0.3) is 22.1 Å². The van der Waals surface area contributed by atoms with Gasteiger partial charge in [0.2, 0.25) is 5.43 Å². The van der Waals surface area contributed by atoms with Gasteiger partial charge in [0.1, 0.15) is 53.9 Å². The molecule has 3 aromatic rings. The number of phenolic OH excluding ortho intramolecular Hbond substituents is 1. The van der Waals surface area contributed by atoms with Gasteiger partial charge in [0, 0.05) is 0 Å². The number of fused-ring (bicyclic) bond motifs is 1. The van der Waals surface area contributed by atoms with E-state index in [1.165, 1.54) is 30.5 Å². The molecular formula is C26H28O10. The van der Waals surface area contributed by atoms with Crippen LogP contribution >= 0.6 is 0 Å². The van der Waals surface area contributed by atoms with E-state index in [9.17, 15) is 35.1 Å². The Kier molecular flexibility index (Phi) is 6.91. The van der Waals surface area contributed by atoms with Gasteiger partial charge in [-0.25, -0.2) is 0 Å². The first kappa shape index (κ1) is 25.8. The van der Waals surface area contributed by atoms with E-state index in [1.54, 1.807) is 32.9 Å². The Balaban J connectivity index is 1.93. The van der Waals surface area contributed by atoms with E-state index in [2.05, 4.69) is 0 Å². The lowest BCUT2D eigenvalue weighted by molar-refractivity contribution is -0.231. The van der Waals surface area contributed by atoms with Crippen LogP contribution in [0.15, 0.2) is 51.9 Å². The van der Waals surface area contributed by atoms with Crippen molar-refractivity contribution in [1.82, 2.24) is 0 Å². The third-order valence-electron chi connectivity index (χ3n) is 6.11. The molecule has 0 radical (unpaired) electrons. The molecule has 0 aliphatic carbocycles. The number of hydrogen-bond acceptors (Lipinski definition) is 10. The molecule has 0 unspecified atom stereocenters. The van der Waals surface area contributed by atoms with E-state index in [0.29, 0.717) is 5.56 Å². The van der Waals surface area contributed by atoms with Crippen LogP contribution < -0.4 is 10.2 Å². The lowest BCUT2D eigenvalue weighted by Crippen LogP contribution is -2.55. The number of hydrogen-bond donors (Lipinski definition) is 5. The molecule has 1 saturated heterocycles. The first-order valence-electron chi connectivity index (χ1n) is 11.3. The van der Waals surface area contributed by atoms with Crippen molar-refractivity contribution in [3.63, 3.8) is 0 Å². The molecule has 2 heterocycles. The smallest absolute Gasteiger partial charge is 0.316 e. The van der Waals surface area contributed by atoms with E-state index >= 15 is 0 Å². The van der Waals surface area contributed by atoms with Crippen LogP contribution in [0.4, 0.5) is 0 Å². The molecule has 10 heteroatoms. The Morgan fingerprint density at radius 3 is 2.28 bits per heavy atom. The average molecular weight is 501 g/mol. The van der Waals surface area contributed by atoms with Gasteiger partial charge in [-0.1, -0.05) is 12.1 Å². The van der Waals surface area contributed by atoms with Crippen molar-refractivity contribution in [3.05, 3.63) is 58.4 Å². The minimum Gasteiger partial charge on any atom is -0.508 e. The number of ether oxygens (including phenoxy) is 2. The zero-order valence-corrected chi connectivity index (χ0v) is 19.9. The predicted octanol–water partition coefficient (Wildman–Crippen LogP) is 1.63. The van der Waals surface area contributed by atoms with Crippen LogP contribution in [0, 0.1) is 5.41 Å². The summed E-state index contributed by atoms with van der Waals surface area (Å²) in [4.78, 5) is 26.1. The normalized spacial score (nSPS) is 24.6. The summed E-state index contributed by atoms with van der Waals surface area (Å²) in [7, 11) is 0. The van der Waals surface area contributed by atoms with E-state index < -0.39 is 53.9 Å². The Bertz CT molecular complexity index is 1320. The molecule has 4 rings (SSSR count). The van der Waals surface area contributed by atoms with Gasteiger partial charge in [-0.2, -0.15) is 0 Å². The van der Waals surface area contributed by atoms with Crippen LogP contribution in [0.3, 0.4) is 0 Å². The molecular weight excluding hydrogens is 472 g/mol. The zero-order chi connectivity index (χ0) is 26.4. The summed E-state index contributed by atoms with van der Waals surface area (Å²) in [6, 6.07) is 8.71. The third kappa shape index (κ3) is 4.61. The number of aromatic hydroxyl groups is 1. The number of carbonyl (C=O) groups excluding carboxylic acids is 1. The van der Waals surface area contributed by atoms with E-state index in [4.69, 9.17) is 13.9 Å². The van der Waals surface area contributed by atoms with Crippen molar-refractivity contribution in [1.29, 1.82) is 0 Å². The van der Waals surface area contributed by atoms with E-state index in [0.717, 1.165) is 0 Å². The lowest BCUT2D eigenvalue weighted by Gasteiger charge is -2.40. The second-order valence-electron chi connectivity index (χ2n) is 9.77. The maximum Gasteiger partial charge on any atom is 0.316 e. The molecule has 1 aliphatic heterocycles. The largest absolute Gasteiger partial charge is 0.508 e. The molecule has 0 saturated carbocycles. The van der Waals surface area contributed by atoms with Crippen molar-refractivity contribution < 1.29 is 44.2 Å². The van der Waals surface area contributed by atoms with Crippen molar-refractivity contribution in [2.45, 2.75) is 51.3 Å². The highest BCUT2D eigenvalue weighted by Gasteiger charge is 2.46. The van der Waals surface area contributed by atoms with Gasteiger partial charge in [-0.05, 0) is 50.6 Å². The Morgan fingerprint density at radius 2 is 1.67 bits per heavy atom. The fraction of sp³-hybridized carbons (Fsp3) is 0.385. The topological polar surface area (TPSA) is 167 Å². The summed E-state index contributed by atoms with van der Waals surface area (Å²) in [5.41, 5.74) is -0.753. The minimum absolute atomic E-state index is 0.0270. The van der Waals surface area contributed by atoms with Gasteiger partial charge in [-0.3, -0.25) is 9.59 Å². The minimum atomic E-state index is -1.71. The molecule has 0 amide bonds. The number of aliphatic hydroxyl groups is 4. The molecule has 1 aliphatic rings. The first-order valence-corrected chi connectivity index (χ1v) is 11.3. The molecule has 36 heavy (non-hydrogen) atoms. The summed E-state index contributed by atoms with van der Waals surface area (Å²) in [5.74, 6) is -0.665. The quantitative estimate of drug-likeness (QED) is 0.262. The summed E-state index contributed by atoms with van der Waals surface area (Å²) in [5, 5.41) is 50.6. The predicted molar refractivity (Wildman–Crippen MR) is 127 cm³/mol. The third-order valence-corrected chi connectivity index (χ3v) is 6.11. The molecule has 5 N–H and O–H groups in total. The fourth-order valence-electron chi connectivity index (χ4n) is 4.00. The number of aliphatic hydroxyl groups excluding tert-OH is 4. The standard InChI is InChI=1S/C26H28O10/c1-26(2,3)25(33)36-16-9-8-14-19(29)15(12-4-6-13(28)7-5-12)11-34-23(14)18(16)24-22(32)21(31)20(30)17(10-27)35-24/h4-9,11,17,20-22,24,27-28,30-32H,10H2,1-3H3/t17-,20-,21+,22-,24+/m1/s1. The van der Waals surface area contributed by atoms with E-state index in [-0.39, 0.29) is 33.6 Å². The van der Waals surface area contributed by atoms with Crippen molar-refractivity contribution in [3.8, 4) is 22.6 Å². The number of carbonyl (C=O) groups is 1. The molecule has 10 nitrogen and oxygen atoms in total. The van der Waals surface area contributed by atoms with Gasteiger partial charge in [0.05, 0.1) is 28.5 Å². The molecule has 192 valence electrons. The number of phenols is 1. The molecule has 5 atom stereocenters. The molecule has 2 aromatic carbocycles. The zero-order valence-electron chi connectivity index (χ0n) is 19.9. The van der Waals surface area contributed by atoms with Crippen LogP contribution in [-0.4, -0.2) is 62.5 Å². The monoisotopic (exact) mass is 500 g/mol. The number of esters is 1. The van der Waals surface area contributed by atoms with Crippen molar-refractivity contribution >= 4 is 16.9 Å². The second kappa shape index (κ2) is 9.64. The van der Waals surface area contributed by atoms with Crippen molar-refractivity contribution in [2.24, 2.45) is 5.41 Å². The summed E-state index contributed by atoms with van der Waals surface area (Å²) < 4.78 is 17.1. The second-order valence-corrected chi connectivity index (χ2v) is 9.77. The van der Waals surface area contributed by atoms with Gasteiger partial charge >= 0.3 is 5.97 Å². The summed E-state index contributed by atoms with van der Waals surface area (Å²) >= 11 is 0. The van der Waals surface area contributed by atoms with Gasteiger partial charge < -0.3 is 39.4 Å². The molecule has 1 fully saturated rings. The van der Waals surface area contributed by atoms with Gasteiger partial charge in [0.25, 0.3) is 0 Å². The highest BCUT2D eigenvalue weighted by molar-refractivity contribution is 5.88. The summed E-state index contributed by atoms with van der Waals surface area (Å²) in [6.07, 6.45) is -6.48. The highest BCUT2D eigenvalue weighted by Crippen LogP contribution is 2.41. The first-order chi connectivity index (χ1) is 16.9. The van der Waals surface area contributed by atoms with Gasteiger partial charge in [-0.15, -0.1) is 0 Å². The van der Waals surface area contributed by atoms with Crippen LogP contribution in [0.5, 0.6) is 11.5 Å². The molecule has 0 spiro atoms.